The van der Waals surface area contributed by atoms with E-state index in [1.54, 1.807) is 7.11 Å². The van der Waals surface area contributed by atoms with Crippen molar-refractivity contribution in [3.05, 3.63) is 58.3 Å². The second-order valence-electron chi connectivity index (χ2n) is 6.78. The van der Waals surface area contributed by atoms with Crippen molar-refractivity contribution in [3.8, 4) is 0 Å². The minimum absolute atomic E-state index is 0.0297. The zero-order chi connectivity index (χ0) is 19.1. The molecule has 0 atom stereocenters. The summed E-state index contributed by atoms with van der Waals surface area (Å²) in [4.78, 5) is 30.1. The highest BCUT2D eigenvalue weighted by atomic mass is 32.1. The SMILES string of the molecule is COCCN(Cc1ccccc1)C(=O)C1CCN(C(=O)c2cccs2)CC1. The largest absolute Gasteiger partial charge is 0.383 e. The van der Waals surface area contributed by atoms with Crippen LogP contribution in [0.3, 0.4) is 0 Å². The van der Waals surface area contributed by atoms with Crippen molar-refractivity contribution in [3.63, 3.8) is 0 Å². The van der Waals surface area contributed by atoms with Gasteiger partial charge in [0.25, 0.3) is 5.91 Å². The predicted octanol–water partition coefficient (Wildman–Crippen LogP) is 3.28. The van der Waals surface area contributed by atoms with Crippen molar-refractivity contribution < 1.29 is 14.3 Å². The fourth-order valence-corrected chi connectivity index (χ4v) is 4.11. The molecule has 2 amide bonds. The standard InChI is InChI=1S/C21H26N2O3S/c1-26-14-13-23(16-17-6-3-2-4-7-17)20(24)18-9-11-22(12-10-18)21(25)19-8-5-15-27-19/h2-8,15,18H,9-14,16H2,1H3. The number of piperidine rings is 1. The van der Waals surface area contributed by atoms with E-state index in [-0.39, 0.29) is 17.7 Å². The molecule has 144 valence electrons. The second-order valence-corrected chi connectivity index (χ2v) is 7.73. The smallest absolute Gasteiger partial charge is 0.263 e. The van der Waals surface area contributed by atoms with E-state index in [1.807, 2.05) is 57.6 Å². The number of carbonyl (C=O) groups excluding carboxylic acids is 2. The van der Waals surface area contributed by atoms with E-state index in [0.29, 0.717) is 45.6 Å². The zero-order valence-corrected chi connectivity index (χ0v) is 16.5. The van der Waals surface area contributed by atoms with Gasteiger partial charge in [-0.1, -0.05) is 36.4 Å². The molecule has 0 radical (unpaired) electrons. The Bertz CT molecular complexity index is 725. The Morgan fingerprint density at radius 3 is 2.52 bits per heavy atom. The van der Waals surface area contributed by atoms with Crippen molar-refractivity contribution >= 4 is 23.2 Å². The number of rotatable bonds is 7. The number of benzene rings is 1. The number of nitrogens with zero attached hydrogens (tertiary/aromatic N) is 2. The van der Waals surface area contributed by atoms with Crippen molar-refractivity contribution in [2.75, 3.05) is 33.4 Å². The Morgan fingerprint density at radius 1 is 1.15 bits per heavy atom. The molecule has 1 aliphatic rings. The minimum atomic E-state index is -0.0297. The van der Waals surface area contributed by atoms with Crippen molar-refractivity contribution in [2.45, 2.75) is 19.4 Å². The van der Waals surface area contributed by atoms with E-state index in [4.69, 9.17) is 4.74 Å². The molecule has 0 saturated carbocycles. The first-order valence-corrected chi connectivity index (χ1v) is 10.2. The van der Waals surface area contributed by atoms with Gasteiger partial charge in [0.15, 0.2) is 0 Å². The number of hydrogen-bond donors (Lipinski definition) is 0. The number of methoxy groups -OCH3 is 1. The minimum Gasteiger partial charge on any atom is -0.383 e. The highest BCUT2D eigenvalue weighted by Crippen LogP contribution is 2.23. The summed E-state index contributed by atoms with van der Waals surface area (Å²) >= 11 is 1.47. The van der Waals surface area contributed by atoms with Crippen LogP contribution in [-0.2, 0) is 16.1 Å². The van der Waals surface area contributed by atoms with E-state index < -0.39 is 0 Å². The molecule has 2 heterocycles. The van der Waals surface area contributed by atoms with Crippen LogP contribution in [0.4, 0.5) is 0 Å². The average Bonchev–Trinajstić information content (AvgIpc) is 3.26. The van der Waals surface area contributed by atoms with E-state index >= 15 is 0 Å². The summed E-state index contributed by atoms with van der Waals surface area (Å²) < 4.78 is 5.19. The lowest BCUT2D eigenvalue weighted by Gasteiger charge is -2.34. The second kappa shape index (κ2) is 9.67. The fraction of sp³-hybridized carbons (Fsp3) is 0.429. The van der Waals surface area contributed by atoms with Gasteiger partial charge in [-0.3, -0.25) is 9.59 Å². The number of ether oxygens (including phenoxy) is 1. The third kappa shape index (κ3) is 5.17. The van der Waals surface area contributed by atoms with Gasteiger partial charge < -0.3 is 14.5 Å². The van der Waals surface area contributed by atoms with Crippen molar-refractivity contribution in [1.29, 1.82) is 0 Å². The van der Waals surface area contributed by atoms with E-state index in [1.165, 1.54) is 11.3 Å². The van der Waals surface area contributed by atoms with Gasteiger partial charge in [0.1, 0.15) is 0 Å². The summed E-state index contributed by atoms with van der Waals surface area (Å²) in [6.07, 6.45) is 1.43. The Labute approximate surface area is 164 Å². The molecule has 27 heavy (non-hydrogen) atoms. The third-order valence-electron chi connectivity index (χ3n) is 4.96. The number of amides is 2. The van der Waals surface area contributed by atoms with Crippen LogP contribution in [0.5, 0.6) is 0 Å². The molecule has 1 aromatic carbocycles. The molecule has 1 saturated heterocycles. The molecule has 0 spiro atoms. The summed E-state index contributed by atoms with van der Waals surface area (Å²) in [7, 11) is 1.65. The highest BCUT2D eigenvalue weighted by Gasteiger charge is 2.30. The van der Waals surface area contributed by atoms with Crippen molar-refractivity contribution in [1.82, 2.24) is 9.80 Å². The van der Waals surface area contributed by atoms with Gasteiger partial charge in [-0.15, -0.1) is 11.3 Å². The predicted molar refractivity (Wildman–Crippen MR) is 107 cm³/mol. The normalized spacial score (nSPS) is 14.9. The lowest BCUT2D eigenvalue weighted by Crippen LogP contribution is -2.44. The van der Waals surface area contributed by atoms with Crippen LogP contribution in [-0.4, -0.2) is 55.0 Å². The maximum absolute atomic E-state index is 13.1. The third-order valence-corrected chi connectivity index (χ3v) is 5.81. The molecular formula is C21H26N2O3S. The van der Waals surface area contributed by atoms with Crippen LogP contribution >= 0.6 is 11.3 Å². The van der Waals surface area contributed by atoms with Crippen LogP contribution in [0.2, 0.25) is 0 Å². The zero-order valence-electron chi connectivity index (χ0n) is 15.7. The van der Waals surface area contributed by atoms with Gasteiger partial charge in [0.2, 0.25) is 5.91 Å². The molecule has 1 aliphatic heterocycles. The van der Waals surface area contributed by atoms with E-state index in [9.17, 15) is 9.59 Å². The molecule has 0 bridgehead atoms. The van der Waals surface area contributed by atoms with Gasteiger partial charge in [0, 0.05) is 39.2 Å². The summed E-state index contributed by atoms with van der Waals surface area (Å²) in [6, 6.07) is 13.8. The lowest BCUT2D eigenvalue weighted by atomic mass is 9.95. The van der Waals surface area contributed by atoms with Gasteiger partial charge >= 0.3 is 0 Å². The van der Waals surface area contributed by atoms with Gasteiger partial charge in [-0.25, -0.2) is 0 Å². The van der Waals surface area contributed by atoms with Crippen LogP contribution in [0.1, 0.15) is 28.1 Å². The van der Waals surface area contributed by atoms with Crippen LogP contribution in [0.15, 0.2) is 47.8 Å². The Kier molecular flexibility index (Phi) is 7.01. The Hall–Kier alpha value is -2.18. The van der Waals surface area contributed by atoms with Crippen LogP contribution < -0.4 is 0 Å². The van der Waals surface area contributed by atoms with E-state index in [2.05, 4.69) is 0 Å². The number of carbonyl (C=O) groups is 2. The molecule has 0 N–H and O–H groups in total. The number of likely N-dealkylation sites (tertiary alicyclic amines) is 1. The maximum atomic E-state index is 13.1. The number of hydrogen-bond acceptors (Lipinski definition) is 4. The lowest BCUT2D eigenvalue weighted by molar-refractivity contribution is -0.138. The van der Waals surface area contributed by atoms with Crippen LogP contribution in [0, 0.1) is 5.92 Å². The van der Waals surface area contributed by atoms with Crippen LogP contribution in [0.25, 0.3) is 0 Å². The summed E-state index contributed by atoms with van der Waals surface area (Å²) in [6.45, 7) is 2.97. The monoisotopic (exact) mass is 386 g/mol. The average molecular weight is 387 g/mol. The molecule has 6 heteroatoms. The van der Waals surface area contributed by atoms with E-state index in [0.717, 1.165) is 10.4 Å². The van der Waals surface area contributed by atoms with Gasteiger partial charge in [-0.2, -0.15) is 0 Å². The topological polar surface area (TPSA) is 49.9 Å². The molecule has 0 aliphatic carbocycles. The number of thiophene rings is 1. The maximum Gasteiger partial charge on any atom is 0.263 e. The highest BCUT2D eigenvalue weighted by molar-refractivity contribution is 7.12. The molecule has 3 rings (SSSR count). The summed E-state index contributed by atoms with van der Waals surface area (Å²) in [5.41, 5.74) is 1.12. The summed E-state index contributed by atoms with van der Waals surface area (Å²) in [5, 5.41) is 1.92. The molecule has 0 unspecified atom stereocenters. The first kappa shape index (κ1) is 19.6. The molecule has 1 aromatic heterocycles. The molecular weight excluding hydrogens is 360 g/mol. The van der Waals surface area contributed by atoms with Gasteiger partial charge in [0.05, 0.1) is 11.5 Å². The quantitative estimate of drug-likeness (QED) is 0.734. The molecule has 1 fully saturated rings. The Balaban J connectivity index is 1.58. The fourth-order valence-electron chi connectivity index (χ4n) is 3.42. The summed E-state index contributed by atoms with van der Waals surface area (Å²) in [5.74, 6) is 0.216. The van der Waals surface area contributed by atoms with Crippen molar-refractivity contribution in [2.24, 2.45) is 5.92 Å². The first-order chi connectivity index (χ1) is 13.2. The molecule has 5 nitrogen and oxygen atoms in total. The first-order valence-electron chi connectivity index (χ1n) is 9.33. The molecule has 2 aromatic rings. The van der Waals surface area contributed by atoms with Gasteiger partial charge in [-0.05, 0) is 29.9 Å². The Morgan fingerprint density at radius 2 is 1.89 bits per heavy atom.